The summed E-state index contributed by atoms with van der Waals surface area (Å²) in [6.07, 6.45) is 3.38. The smallest absolute Gasteiger partial charge is 0.262 e. The van der Waals surface area contributed by atoms with E-state index in [1.807, 2.05) is 7.05 Å². The molecule has 0 radical (unpaired) electrons. The number of hydrogen-bond donors (Lipinski definition) is 2. The number of aromatic nitrogens is 2. The van der Waals surface area contributed by atoms with Crippen molar-refractivity contribution in [3.8, 4) is 5.75 Å². The van der Waals surface area contributed by atoms with Crippen LogP contribution in [0.5, 0.6) is 5.75 Å². The summed E-state index contributed by atoms with van der Waals surface area (Å²) in [5.74, 6) is 0.901. The Morgan fingerprint density at radius 1 is 1.31 bits per heavy atom. The lowest BCUT2D eigenvalue weighted by molar-refractivity contribution is -0.118. The molecule has 2 aliphatic heterocycles. The van der Waals surface area contributed by atoms with Gasteiger partial charge in [-0.2, -0.15) is 4.31 Å². The van der Waals surface area contributed by atoms with Crippen LogP contribution >= 0.6 is 0 Å². The lowest BCUT2D eigenvalue weighted by atomic mass is 10.2. The van der Waals surface area contributed by atoms with E-state index >= 15 is 0 Å². The average molecular weight is 377 g/mol. The first-order valence-electron chi connectivity index (χ1n) is 8.21. The lowest BCUT2D eigenvalue weighted by Crippen LogP contribution is -2.49. The third kappa shape index (κ3) is 2.96. The average Bonchev–Trinajstić information content (AvgIpc) is 3.15. The molecule has 2 aliphatic rings. The molecule has 10 heteroatoms. The Kier molecular flexibility index (Phi) is 4.17. The molecule has 138 valence electrons. The van der Waals surface area contributed by atoms with Gasteiger partial charge in [-0.05, 0) is 25.2 Å². The molecule has 1 unspecified atom stereocenters. The zero-order chi connectivity index (χ0) is 18.3. The molecule has 1 aromatic heterocycles. The first-order valence-corrected chi connectivity index (χ1v) is 9.65. The molecule has 0 bridgehead atoms. The minimum Gasteiger partial charge on any atom is -0.482 e. The van der Waals surface area contributed by atoms with Crippen molar-refractivity contribution in [1.29, 1.82) is 0 Å². The standard InChI is InChI=1S/C16H19N5O4S/c1-20-6-7-21(9-13(20)16-17-4-5-18-16)26(23,24)11-2-3-14-12(8-11)19-15(22)10-25-14/h2-5,8,13H,6-7,9-10H2,1H3,(H,17,18)(H,19,22). The molecule has 26 heavy (non-hydrogen) atoms. The van der Waals surface area contributed by atoms with E-state index in [4.69, 9.17) is 4.74 Å². The number of amides is 1. The number of sulfonamides is 1. The van der Waals surface area contributed by atoms with Crippen LogP contribution in [0.25, 0.3) is 0 Å². The fraction of sp³-hybridized carbons (Fsp3) is 0.375. The van der Waals surface area contributed by atoms with Crippen LogP contribution in [0.1, 0.15) is 11.9 Å². The Morgan fingerprint density at radius 2 is 2.15 bits per heavy atom. The van der Waals surface area contributed by atoms with Crippen molar-refractivity contribution in [2.75, 3.05) is 38.6 Å². The van der Waals surface area contributed by atoms with E-state index < -0.39 is 10.0 Å². The van der Waals surface area contributed by atoms with Gasteiger partial charge >= 0.3 is 0 Å². The summed E-state index contributed by atoms with van der Waals surface area (Å²) in [5.41, 5.74) is 0.374. The highest BCUT2D eigenvalue weighted by atomic mass is 32.2. The van der Waals surface area contributed by atoms with Crippen molar-refractivity contribution in [2.45, 2.75) is 10.9 Å². The first kappa shape index (κ1) is 17.0. The van der Waals surface area contributed by atoms with Gasteiger partial charge in [0.15, 0.2) is 6.61 Å². The lowest BCUT2D eigenvalue weighted by Gasteiger charge is -2.37. The largest absolute Gasteiger partial charge is 0.482 e. The van der Waals surface area contributed by atoms with E-state index in [9.17, 15) is 13.2 Å². The van der Waals surface area contributed by atoms with Gasteiger partial charge in [0.05, 0.1) is 16.6 Å². The van der Waals surface area contributed by atoms with E-state index in [0.29, 0.717) is 31.1 Å². The Balaban J connectivity index is 1.62. The predicted octanol–water partition coefficient (Wildman–Crippen LogP) is 0.418. The highest BCUT2D eigenvalue weighted by Gasteiger charge is 2.35. The van der Waals surface area contributed by atoms with Crippen LogP contribution in [0.3, 0.4) is 0 Å². The summed E-state index contributed by atoms with van der Waals surface area (Å²) in [5, 5.41) is 2.64. The van der Waals surface area contributed by atoms with Crippen LogP contribution in [0, 0.1) is 0 Å². The molecule has 1 fully saturated rings. The number of carbonyl (C=O) groups is 1. The molecule has 9 nitrogen and oxygen atoms in total. The maximum atomic E-state index is 13.1. The van der Waals surface area contributed by atoms with Gasteiger partial charge in [-0.1, -0.05) is 0 Å². The van der Waals surface area contributed by atoms with E-state index in [2.05, 4.69) is 20.2 Å². The number of piperazine rings is 1. The second kappa shape index (κ2) is 6.38. The van der Waals surface area contributed by atoms with Crippen LogP contribution in [-0.4, -0.2) is 66.8 Å². The van der Waals surface area contributed by atoms with E-state index in [1.165, 1.54) is 16.4 Å². The van der Waals surface area contributed by atoms with E-state index in [1.54, 1.807) is 18.5 Å². The molecular formula is C16H19N5O4S. The number of H-pyrrole nitrogens is 1. The number of likely N-dealkylation sites (N-methyl/N-ethyl adjacent to an activating group) is 1. The highest BCUT2D eigenvalue weighted by molar-refractivity contribution is 7.89. The van der Waals surface area contributed by atoms with Crippen LogP contribution in [0.15, 0.2) is 35.5 Å². The molecule has 1 aromatic carbocycles. The Morgan fingerprint density at radius 3 is 2.92 bits per heavy atom. The number of hydrogen-bond acceptors (Lipinski definition) is 6. The predicted molar refractivity (Wildman–Crippen MR) is 93.3 cm³/mol. The van der Waals surface area contributed by atoms with E-state index in [-0.39, 0.29) is 23.5 Å². The summed E-state index contributed by atoms with van der Waals surface area (Å²) in [4.78, 5) is 21.0. The second-order valence-corrected chi connectivity index (χ2v) is 8.27. The number of benzene rings is 1. The SMILES string of the molecule is CN1CCN(S(=O)(=O)c2ccc3c(c2)NC(=O)CO3)CC1c1ncc[nH]1. The third-order valence-corrected chi connectivity index (χ3v) is 6.53. The highest BCUT2D eigenvalue weighted by Crippen LogP contribution is 2.32. The van der Waals surface area contributed by atoms with Crippen LogP contribution in [0.2, 0.25) is 0 Å². The summed E-state index contributed by atoms with van der Waals surface area (Å²) >= 11 is 0. The van der Waals surface area contributed by atoms with Crippen molar-refractivity contribution >= 4 is 21.6 Å². The fourth-order valence-corrected chi connectivity index (χ4v) is 4.66. The van der Waals surface area contributed by atoms with Gasteiger partial charge in [0, 0.05) is 32.0 Å². The maximum absolute atomic E-state index is 13.1. The van der Waals surface area contributed by atoms with Gasteiger partial charge in [0.2, 0.25) is 10.0 Å². The molecule has 1 amide bonds. The number of fused-ring (bicyclic) bond motifs is 1. The number of ether oxygens (including phenoxy) is 1. The number of rotatable bonds is 3. The normalized spacial score (nSPS) is 21.7. The number of carbonyl (C=O) groups excluding carboxylic acids is 1. The molecular weight excluding hydrogens is 358 g/mol. The molecule has 1 saturated heterocycles. The van der Waals surface area contributed by atoms with Gasteiger partial charge in [0.1, 0.15) is 11.6 Å². The molecule has 2 N–H and O–H groups in total. The van der Waals surface area contributed by atoms with Crippen molar-refractivity contribution in [2.24, 2.45) is 0 Å². The third-order valence-electron chi connectivity index (χ3n) is 4.67. The van der Waals surface area contributed by atoms with Crippen molar-refractivity contribution in [3.63, 3.8) is 0 Å². The van der Waals surface area contributed by atoms with Crippen LogP contribution < -0.4 is 10.1 Å². The minimum absolute atomic E-state index is 0.0671. The fourth-order valence-electron chi connectivity index (χ4n) is 3.19. The molecule has 3 heterocycles. The van der Waals surface area contributed by atoms with Gasteiger partial charge < -0.3 is 15.0 Å². The molecule has 4 rings (SSSR count). The van der Waals surface area contributed by atoms with Crippen molar-refractivity contribution in [3.05, 3.63) is 36.4 Å². The van der Waals surface area contributed by atoms with Gasteiger partial charge in [-0.15, -0.1) is 0 Å². The second-order valence-electron chi connectivity index (χ2n) is 6.33. The van der Waals surface area contributed by atoms with Crippen molar-refractivity contribution in [1.82, 2.24) is 19.2 Å². The molecule has 2 aromatic rings. The van der Waals surface area contributed by atoms with Crippen LogP contribution in [-0.2, 0) is 14.8 Å². The minimum atomic E-state index is -3.70. The molecule has 0 saturated carbocycles. The van der Waals surface area contributed by atoms with Gasteiger partial charge in [-0.25, -0.2) is 13.4 Å². The van der Waals surface area contributed by atoms with Gasteiger partial charge in [-0.3, -0.25) is 9.69 Å². The number of aromatic amines is 1. The van der Waals surface area contributed by atoms with Gasteiger partial charge in [0.25, 0.3) is 5.91 Å². The Labute approximate surface area is 151 Å². The molecule has 1 atom stereocenters. The number of imidazole rings is 1. The van der Waals surface area contributed by atoms with Crippen molar-refractivity contribution < 1.29 is 17.9 Å². The topological polar surface area (TPSA) is 108 Å². The summed E-state index contributed by atoms with van der Waals surface area (Å²) in [6, 6.07) is 4.38. The number of nitrogens with one attached hydrogen (secondary N) is 2. The zero-order valence-electron chi connectivity index (χ0n) is 14.2. The Bertz CT molecular complexity index is 928. The maximum Gasteiger partial charge on any atom is 0.262 e. The molecule has 0 aliphatic carbocycles. The number of anilines is 1. The Hall–Kier alpha value is -2.43. The number of nitrogens with zero attached hydrogens (tertiary/aromatic N) is 3. The summed E-state index contributed by atoms with van der Waals surface area (Å²) < 4.78 is 32.9. The molecule has 0 spiro atoms. The zero-order valence-corrected chi connectivity index (χ0v) is 15.0. The monoisotopic (exact) mass is 377 g/mol. The summed E-state index contributed by atoms with van der Waals surface area (Å²) in [7, 11) is -1.75. The van der Waals surface area contributed by atoms with E-state index in [0.717, 1.165) is 5.82 Å². The van der Waals surface area contributed by atoms with Crippen LogP contribution in [0.4, 0.5) is 5.69 Å². The summed E-state index contributed by atoms with van der Waals surface area (Å²) in [6.45, 7) is 1.21. The first-order chi connectivity index (χ1) is 12.4. The quantitative estimate of drug-likeness (QED) is 0.803.